The number of carbonyl (C=O) groups is 1. The fraction of sp³-hybridized carbons (Fsp3) is 0.267. The maximum Gasteiger partial charge on any atom is 0.337 e. The zero-order valence-corrected chi connectivity index (χ0v) is 11.2. The third-order valence-corrected chi connectivity index (χ3v) is 3.44. The van der Waals surface area contributed by atoms with E-state index in [9.17, 15) is 4.79 Å². The highest BCUT2D eigenvalue weighted by Gasteiger charge is 2.17. The maximum atomic E-state index is 11.4. The van der Waals surface area contributed by atoms with Crippen molar-refractivity contribution in [3.05, 3.63) is 47.4 Å². The first kappa shape index (κ1) is 12.6. The minimum Gasteiger partial charge on any atom is -0.465 e. The van der Waals surface area contributed by atoms with Crippen LogP contribution < -0.4 is 5.32 Å². The van der Waals surface area contributed by atoms with E-state index in [4.69, 9.17) is 0 Å². The molecule has 1 aromatic heterocycles. The lowest BCUT2D eigenvalue weighted by Crippen LogP contribution is -2.02. The molecular formula is C15H15N3O2. The summed E-state index contributed by atoms with van der Waals surface area (Å²) in [5.41, 5.74) is 3.76. The highest BCUT2D eigenvalue weighted by molar-refractivity contribution is 5.89. The molecule has 0 unspecified atom stereocenters. The molecule has 0 fully saturated rings. The van der Waals surface area contributed by atoms with Gasteiger partial charge < -0.3 is 10.1 Å². The van der Waals surface area contributed by atoms with Gasteiger partial charge in [-0.05, 0) is 43.5 Å². The van der Waals surface area contributed by atoms with E-state index in [0.29, 0.717) is 5.56 Å². The Labute approximate surface area is 117 Å². The number of esters is 1. The van der Waals surface area contributed by atoms with Crippen molar-refractivity contribution in [1.82, 2.24) is 9.97 Å². The number of nitrogens with one attached hydrogen (secondary N) is 1. The first-order chi connectivity index (χ1) is 9.78. The molecule has 0 spiro atoms. The largest absolute Gasteiger partial charge is 0.465 e. The van der Waals surface area contributed by atoms with Crippen LogP contribution in [0, 0.1) is 0 Å². The lowest BCUT2D eigenvalue weighted by atomic mass is 10.2. The third kappa shape index (κ3) is 2.34. The fourth-order valence-electron chi connectivity index (χ4n) is 2.41. The van der Waals surface area contributed by atoms with Gasteiger partial charge in [0, 0.05) is 16.9 Å². The van der Waals surface area contributed by atoms with Crippen molar-refractivity contribution in [3.63, 3.8) is 0 Å². The highest BCUT2D eigenvalue weighted by Crippen LogP contribution is 2.27. The van der Waals surface area contributed by atoms with Crippen LogP contribution in [0.25, 0.3) is 0 Å². The minimum absolute atomic E-state index is 0.334. The summed E-state index contributed by atoms with van der Waals surface area (Å²) in [5, 5.41) is 3.29. The van der Waals surface area contributed by atoms with Gasteiger partial charge in [0.05, 0.1) is 12.7 Å². The Bertz CT molecular complexity index is 638. The van der Waals surface area contributed by atoms with Crippen molar-refractivity contribution >= 4 is 17.5 Å². The molecule has 1 aliphatic carbocycles. The predicted octanol–water partition coefficient (Wildman–Crippen LogP) is 2.50. The molecule has 5 nitrogen and oxygen atoms in total. The Morgan fingerprint density at radius 1 is 1.20 bits per heavy atom. The van der Waals surface area contributed by atoms with Crippen molar-refractivity contribution in [1.29, 1.82) is 0 Å². The van der Waals surface area contributed by atoms with E-state index in [2.05, 4.69) is 20.0 Å². The zero-order chi connectivity index (χ0) is 13.9. The van der Waals surface area contributed by atoms with Crippen LogP contribution in [0.3, 0.4) is 0 Å². The zero-order valence-electron chi connectivity index (χ0n) is 11.2. The number of hydrogen-bond acceptors (Lipinski definition) is 5. The van der Waals surface area contributed by atoms with Crippen LogP contribution in [0.15, 0.2) is 30.6 Å². The first-order valence-electron chi connectivity index (χ1n) is 6.56. The van der Waals surface area contributed by atoms with Gasteiger partial charge in [-0.2, -0.15) is 0 Å². The summed E-state index contributed by atoms with van der Waals surface area (Å²) in [6.07, 6.45) is 4.76. The Kier molecular flexibility index (Phi) is 3.33. The lowest BCUT2D eigenvalue weighted by Gasteiger charge is -2.09. The van der Waals surface area contributed by atoms with E-state index in [-0.39, 0.29) is 5.97 Å². The van der Waals surface area contributed by atoms with Crippen LogP contribution in [0.5, 0.6) is 0 Å². The number of ether oxygens (including phenoxy) is 1. The molecule has 1 N–H and O–H groups in total. The van der Waals surface area contributed by atoms with Crippen LogP contribution in [0.1, 0.15) is 28.0 Å². The number of fused-ring (bicyclic) bond motifs is 1. The molecule has 5 heteroatoms. The number of hydrogen-bond donors (Lipinski definition) is 1. The molecule has 0 bridgehead atoms. The molecule has 1 aromatic carbocycles. The average Bonchev–Trinajstić information content (AvgIpc) is 2.97. The number of carbonyl (C=O) groups excluding carboxylic acids is 1. The Balaban J connectivity index is 1.82. The average molecular weight is 269 g/mol. The molecular weight excluding hydrogens is 254 g/mol. The smallest absolute Gasteiger partial charge is 0.337 e. The number of anilines is 2. The summed E-state index contributed by atoms with van der Waals surface area (Å²) in [5.74, 6) is 0.526. The van der Waals surface area contributed by atoms with Crippen molar-refractivity contribution in [2.45, 2.75) is 19.3 Å². The molecule has 1 aliphatic rings. The number of nitrogens with zero attached hydrogens (tertiary/aromatic N) is 2. The lowest BCUT2D eigenvalue weighted by molar-refractivity contribution is 0.0601. The number of aromatic nitrogens is 2. The van der Waals surface area contributed by atoms with Crippen LogP contribution in [-0.4, -0.2) is 23.0 Å². The number of aryl methyl sites for hydroxylation is 1. The van der Waals surface area contributed by atoms with E-state index in [1.54, 1.807) is 18.5 Å². The second-order valence-electron chi connectivity index (χ2n) is 4.70. The van der Waals surface area contributed by atoms with E-state index in [0.717, 1.165) is 36.5 Å². The van der Waals surface area contributed by atoms with Gasteiger partial charge in [0.2, 0.25) is 0 Å². The van der Waals surface area contributed by atoms with Gasteiger partial charge in [0.25, 0.3) is 0 Å². The molecule has 0 amide bonds. The molecule has 0 saturated carbocycles. The van der Waals surface area contributed by atoms with Gasteiger partial charge in [0.1, 0.15) is 12.1 Å². The molecule has 3 rings (SSSR count). The van der Waals surface area contributed by atoms with Crippen LogP contribution in [0.4, 0.5) is 11.5 Å². The van der Waals surface area contributed by atoms with Gasteiger partial charge >= 0.3 is 5.97 Å². The monoisotopic (exact) mass is 269 g/mol. The van der Waals surface area contributed by atoms with E-state index in [1.165, 1.54) is 12.7 Å². The van der Waals surface area contributed by atoms with E-state index >= 15 is 0 Å². The Hall–Kier alpha value is -2.43. The minimum atomic E-state index is -0.334. The molecule has 2 aromatic rings. The summed E-state index contributed by atoms with van der Waals surface area (Å²) < 4.78 is 4.67. The first-order valence-corrected chi connectivity index (χ1v) is 6.56. The molecule has 0 radical (unpaired) electrons. The maximum absolute atomic E-state index is 11.4. The summed E-state index contributed by atoms with van der Waals surface area (Å²) >= 11 is 0. The van der Waals surface area contributed by atoms with Crippen molar-refractivity contribution < 1.29 is 9.53 Å². The Morgan fingerprint density at radius 3 is 2.75 bits per heavy atom. The SMILES string of the molecule is COC(=O)c1ccc(Nc2ncnc3c2CCC3)cc1. The second kappa shape index (κ2) is 5.28. The number of methoxy groups -OCH3 is 1. The van der Waals surface area contributed by atoms with E-state index in [1.807, 2.05) is 12.1 Å². The summed E-state index contributed by atoms with van der Waals surface area (Å²) in [4.78, 5) is 20.0. The van der Waals surface area contributed by atoms with Crippen LogP contribution in [0.2, 0.25) is 0 Å². The van der Waals surface area contributed by atoms with Crippen molar-refractivity contribution in [2.24, 2.45) is 0 Å². The molecule has 0 saturated heterocycles. The topological polar surface area (TPSA) is 64.1 Å². The summed E-state index contributed by atoms with van der Waals surface area (Å²) in [6, 6.07) is 7.15. The standard InChI is InChI=1S/C15H15N3O2/c1-20-15(19)10-5-7-11(8-6-10)18-14-12-3-2-4-13(12)16-9-17-14/h5-9H,2-4H2,1H3,(H,16,17,18). The van der Waals surface area contributed by atoms with E-state index < -0.39 is 0 Å². The molecule has 102 valence electrons. The predicted molar refractivity (Wildman–Crippen MR) is 75.1 cm³/mol. The van der Waals surface area contributed by atoms with Crippen LogP contribution >= 0.6 is 0 Å². The summed E-state index contributed by atoms with van der Waals surface area (Å²) in [7, 11) is 1.37. The van der Waals surface area contributed by atoms with Crippen molar-refractivity contribution in [3.8, 4) is 0 Å². The second-order valence-corrected chi connectivity index (χ2v) is 4.70. The highest BCUT2D eigenvalue weighted by atomic mass is 16.5. The fourth-order valence-corrected chi connectivity index (χ4v) is 2.41. The van der Waals surface area contributed by atoms with Gasteiger partial charge in [-0.1, -0.05) is 0 Å². The normalized spacial score (nSPS) is 12.8. The number of rotatable bonds is 3. The molecule has 20 heavy (non-hydrogen) atoms. The quantitative estimate of drug-likeness (QED) is 0.867. The van der Waals surface area contributed by atoms with Gasteiger partial charge in [-0.3, -0.25) is 0 Å². The molecule has 1 heterocycles. The third-order valence-electron chi connectivity index (χ3n) is 3.44. The van der Waals surface area contributed by atoms with Crippen molar-refractivity contribution in [2.75, 3.05) is 12.4 Å². The number of benzene rings is 1. The molecule has 0 atom stereocenters. The van der Waals surface area contributed by atoms with Gasteiger partial charge in [-0.25, -0.2) is 14.8 Å². The van der Waals surface area contributed by atoms with Crippen LogP contribution in [-0.2, 0) is 17.6 Å². The van der Waals surface area contributed by atoms with Gasteiger partial charge in [-0.15, -0.1) is 0 Å². The van der Waals surface area contributed by atoms with Gasteiger partial charge in [0.15, 0.2) is 0 Å². The summed E-state index contributed by atoms with van der Waals surface area (Å²) in [6.45, 7) is 0. The molecule has 0 aliphatic heterocycles. The Morgan fingerprint density at radius 2 is 2.00 bits per heavy atom.